The van der Waals surface area contributed by atoms with Crippen molar-refractivity contribution in [1.82, 2.24) is 10.3 Å². The van der Waals surface area contributed by atoms with Crippen LogP contribution in [0.5, 0.6) is 0 Å². The number of amides is 1. The van der Waals surface area contributed by atoms with Gasteiger partial charge in [-0.1, -0.05) is 42.5 Å². The van der Waals surface area contributed by atoms with Crippen LogP contribution in [0.3, 0.4) is 0 Å². The van der Waals surface area contributed by atoms with Crippen molar-refractivity contribution in [3.63, 3.8) is 0 Å². The summed E-state index contributed by atoms with van der Waals surface area (Å²) in [5, 5.41) is 9.50. The number of hydrogen-bond acceptors (Lipinski definition) is 5. The summed E-state index contributed by atoms with van der Waals surface area (Å²) in [5.74, 6) is -0.491. The van der Waals surface area contributed by atoms with E-state index in [0.717, 1.165) is 11.1 Å². The first kappa shape index (κ1) is 12.9. The Bertz CT molecular complexity index is 751. The molecule has 6 heteroatoms. The van der Waals surface area contributed by atoms with Crippen LogP contribution in [0.15, 0.2) is 59.2 Å². The first-order valence-electron chi connectivity index (χ1n) is 6.29. The predicted octanol–water partition coefficient (Wildman–Crippen LogP) is 2.57. The Hall–Kier alpha value is -3.15. The largest absolute Gasteiger partial charge is 0.379 e. The third-order valence-corrected chi connectivity index (χ3v) is 2.98. The molecule has 104 valence electrons. The van der Waals surface area contributed by atoms with Gasteiger partial charge in [-0.15, -0.1) is 0 Å². The zero-order chi connectivity index (χ0) is 14.7. The lowest BCUT2D eigenvalue weighted by Gasteiger charge is -2.05. The Labute approximate surface area is 120 Å². The van der Waals surface area contributed by atoms with Gasteiger partial charge in [0.2, 0.25) is 11.5 Å². The first-order chi connectivity index (χ1) is 10.2. The summed E-state index contributed by atoms with van der Waals surface area (Å²) in [7, 11) is 0. The third-order valence-electron chi connectivity index (χ3n) is 2.98. The normalized spacial score (nSPS) is 10.3. The molecule has 21 heavy (non-hydrogen) atoms. The minimum atomic E-state index is -0.457. The van der Waals surface area contributed by atoms with E-state index in [0.29, 0.717) is 5.69 Å². The van der Waals surface area contributed by atoms with Gasteiger partial charge in [0.1, 0.15) is 0 Å². The Morgan fingerprint density at radius 3 is 2.24 bits per heavy atom. The number of hydrogen-bond donors (Lipinski definition) is 2. The standard InChI is InChI=1S/C15H12N4O2/c16-14-13(18-21-19-14)15(20)17-12-8-6-11(7-9-12)10-4-2-1-3-5-10/h1-9H,(H2,16,19)(H,17,20). The highest BCUT2D eigenvalue weighted by atomic mass is 16.6. The summed E-state index contributed by atoms with van der Waals surface area (Å²) in [6.45, 7) is 0. The topological polar surface area (TPSA) is 94.0 Å². The molecule has 6 nitrogen and oxygen atoms in total. The lowest BCUT2D eigenvalue weighted by molar-refractivity contribution is 0.101. The van der Waals surface area contributed by atoms with Crippen molar-refractivity contribution < 1.29 is 9.42 Å². The van der Waals surface area contributed by atoms with Gasteiger partial charge >= 0.3 is 0 Å². The average molecular weight is 280 g/mol. The van der Waals surface area contributed by atoms with Crippen molar-refractivity contribution >= 4 is 17.4 Å². The summed E-state index contributed by atoms with van der Waals surface area (Å²) in [5.41, 5.74) is 8.26. The molecule has 0 aliphatic rings. The minimum absolute atomic E-state index is 0.0258. The van der Waals surface area contributed by atoms with E-state index in [-0.39, 0.29) is 11.5 Å². The van der Waals surface area contributed by atoms with Crippen molar-refractivity contribution in [3.8, 4) is 11.1 Å². The molecule has 3 aromatic rings. The van der Waals surface area contributed by atoms with Crippen molar-refractivity contribution in [1.29, 1.82) is 0 Å². The smallest absolute Gasteiger partial charge is 0.281 e. The van der Waals surface area contributed by atoms with Crippen LogP contribution in [0.2, 0.25) is 0 Å². The molecule has 0 spiro atoms. The van der Waals surface area contributed by atoms with Crippen LogP contribution in [0.1, 0.15) is 10.5 Å². The van der Waals surface area contributed by atoms with Crippen molar-refractivity contribution in [3.05, 3.63) is 60.3 Å². The molecule has 1 heterocycles. The van der Waals surface area contributed by atoms with Crippen LogP contribution in [-0.4, -0.2) is 16.2 Å². The fraction of sp³-hybridized carbons (Fsp3) is 0. The Kier molecular flexibility index (Phi) is 3.34. The summed E-state index contributed by atoms with van der Waals surface area (Å²) in [4.78, 5) is 11.9. The molecular weight excluding hydrogens is 268 g/mol. The molecular formula is C15H12N4O2. The highest BCUT2D eigenvalue weighted by Gasteiger charge is 2.15. The highest BCUT2D eigenvalue weighted by molar-refractivity contribution is 6.05. The van der Waals surface area contributed by atoms with E-state index in [1.54, 1.807) is 0 Å². The predicted molar refractivity (Wildman–Crippen MR) is 78.5 cm³/mol. The molecule has 0 atom stereocenters. The lowest BCUT2D eigenvalue weighted by atomic mass is 10.1. The summed E-state index contributed by atoms with van der Waals surface area (Å²) >= 11 is 0. The molecule has 0 saturated carbocycles. The zero-order valence-electron chi connectivity index (χ0n) is 11.0. The van der Waals surface area contributed by atoms with Crippen LogP contribution in [0.25, 0.3) is 11.1 Å². The van der Waals surface area contributed by atoms with E-state index in [9.17, 15) is 4.79 Å². The molecule has 0 aliphatic carbocycles. The molecule has 0 unspecified atom stereocenters. The van der Waals surface area contributed by atoms with Crippen LogP contribution >= 0.6 is 0 Å². The van der Waals surface area contributed by atoms with Crippen LogP contribution in [-0.2, 0) is 0 Å². The van der Waals surface area contributed by atoms with Gasteiger partial charge in [-0.05, 0) is 33.6 Å². The second-order valence-corrected chi connectivity index (χ2v) is 4.40. The number of nitrogens with one attached hydrogen (secondary N) is 1. The maximum Gasteiger partial charge on any atom is 0.281 e. The van der Waals surface area contributed by atoms with Gasteiger partial charge in [-0.3, -0.25) is 4.79 Å². The Morgan fingerprint density at radius 1 is 0.952 bits per heavy atom. The fourth-order valence-electron chi connectivity index (χ4n) is 1.92. The number of carbonyl (C=O) groups is 1. The SMILES string of the molecule is Nc1nonc1C(=O)Nc1ccc(-c2ccccc2)cc1. The molecule has 3 rings (SSSR count). The van der Waals surface area contributed by atoms with Gasteiger partial charge in [-0.2, -0.15) is 0 Å². The third kappa shape index (κ3) is 2.74. The van der Waals surface area contributed by atoms with Crippen LogP contribution < -0.4 is 11.1 Å². The summed E-state index contributed by atoms with van der Waals surface area (Å²) in [6.07, 6.45) is 0. The van der Waals surface area contributed by atoms with Gasteiger partial charge < -0.3 is 11.1 Å². The summed E-state index contributed by atoms with van der Waals surface area (Å²) in [6, 6.07) is 17.4. The van der Waals surface area contributed by atoms with Crippen molar-refractivity contribution in [2.45, 2.75) is 0 Å². The number of benzene rings is 2. The quantitative estimate of drug-likeness (QED) is 0.769. The van der Waals surface area contributed by atoms with Crippen LogP contribution in [0, 0.1) is 0 Å². The molecule has 2 aromatic carbocycles. The molecule has 1 amide bonds. The van der Waals surface area contributed by atoms with Gasteiger partial charge in [-0.25, -0.2) is 4.63 Å². The molecule has 3 N–H and O–H groups in total. The van der Waals surface area contributed by atoms with E-state index in [1.165, 1.54) is 0 Å². The Balaban J connectivity index is 1.76. The summed E-state index contributed by atoms with van der Waals surface area (Å²) < 4.78 is 4.40. The molecule has 1 aromatic heterocycles. The molecule has 0 fully saturated rings. The van der Waals surface area contributed by atoms with E-state index >= 15 is 0 Å². The second-order valence-electron chi connectivity index (χ2n) is 4.40. The van der Waals surface area contributed by atoms with Crippen molar-refractivity contribution in [2.24, 2.45) is 0 Å². The zero-order valence-corrected chi connectivity index (χ0v) is 11.0. The number of aromatic nitrogens is 2. The van der Waals surface area contributed by atoms with Crippen LogP contribution in [0.4, 0.5) is 11.5 Å². The second kappa shape index (κ2) is 5.46. The van der Waals surface area contributed by atoms with Gasteiger partial charge in [0, 0.05) is 5.69 Å². The van der Waals surface area contributed by atoms with Gasteiger partial charge in [0.05, 0.1) is 0 Å². The monoisotopic (exact) mass is 280 g/mol. The molecule has 0 radical (unpaired) electrons. The van der Waals surface area contributed by atoms with E-state index in [1.807, 2.05) is 54.6 Å². The Morgan fingerprint density at radius 2 is 1.62 bits per heavy atom. The fourth-order valence-corrected chi connectivity index (χ4v) is 1.92. The lowest BCUT2D eigenvalue weighted by Crippen LogP contribution is -2.14. The number of rotatable bonds is 3. The molecule has 0 bridgehead atoms. The number of nitrogens with zero attached hydrogens (tertiary/aromatic N) is 2. The van der Waals surface area contributed by atoms with E-state index < -0.39 is 5.91 Å². The highest BCUT2D eigenvalue weighted by Crippen LogP contribution is 2.21. The van der Waals surface area contributed by atoms with Crippen molar-refractivity contribution in [2.75, 3.05) is 11.1 Å². The van der Waals surface area contributed by atoms with E-state index in [4.69, 9.17) is 5.73 Å². The molecule has 0 saturated heterocycles. The average Bonchev–Trinajstić information content (AvgIpc) is 2.95. The maximum atomic E-state index is 11.9. The maximum absolute atomic E-state index is 11.9. The number of nitrogens with two attached hydrogens (primary N) is 1. The number of nitrogen functional groups attached to an aromatic ring is 1. The van der Waals surface area contributed by atoms with Gasteiger partial charge in [0.15, 0.2) is 0 Å². The molecule has 0 aliphatic heterocycles. The number of anilines is 2. The minimum Gasteiger partial charge on any atom is -0.379 e. The van der Waals surface area contributed by atoms with Gasteiger partial charge in [0.25, 0.3) is 5.91 Å². The first-order valence-corrected chi connectivity index (χ1v) is 6.29. The van der Waals surface area contributed by atoms with E-state index in [2.05, 4.69) is 20.3 Å². The number of carbonyl (C=O) groups excluding carboxylic acids is 1.